The number of nitrogens with one attached hydrogen (secondary N) is 2. The summed E-state index contributed by atoms with van der Waals surface area (Å²) < 4.78 is 1.73. The van der Waals surface area contributed by atoms with Gasteiger partial charge in [0.1, 0.15) is 0 Å². The minimum Gasteiger partial charge on any atom is -0.380 e. The van der Waals surface area contributed by atoms with Crippen molar-refractivity contribution in [2.75, 3.05) is 5.32 Å². The third kappa shape index (κ3) is 3.05. The quantitative estimate of drug-likeness (QED) is 0.866. The van der Waals surface area contributed by atoms with Crippen LogP contribution in [-0.2, 0) is 13.1 Å². The molecule has 19 heavy (non-hydrogen) atoms. The van der Waals surface area contributed by atoms with Crippen molar-refractivity contribution < 1.29 is 0 Å². The molecule has 0 aliphatic rings. The number of aromatic nitrogens is 3. The second kappa shape index (κ2) is 5.73. The monoisotopic (exact) mass is 260 g/mol. The number of hydrogen-bond acceptors (Lipinski definition) is 3. The summed E-state index contributed by atoms with van der Waals surface area (Å²) in [5.74, 6) is 0. The number of H-pyrrole nitrogens is 1. The van der Waals surface area contributed by atoms with Gasteiger partial charge in [-0.05, 0) is 26.3 Å². The maximum Gasteiger partial charge on any atom is 0.250 e. The molecular weight excluding hydrogens is 240 g/mol. The van der Waals surface area contributed by atoms with E-state index in [1.165, 1.54) is 5.56 Å². The normalized spacial score (nSPS) is 10.7. The lowest BCUT2D eigenvalue weighted by molar-refractivity contribution is 0.655. The summed E-state index contributed by atoms with van der Waals surface area (Å²) in [6, 6.07) is 3.42. The second-order valence-electron chi connectivity index (χ2n) is 4.72. The van der Waals surface area contributed by atoms with E-state index >= 15 is 0 Å². The van der Waals surface area contributed by atoms with Crippen molar-refractivity contribution in [3.8, 4) is 0 Å². The van der Waals surface area contributed by atoms with Crippen molar-refractivity contribution >= 4 is 5.69 Å². The number of nitrogens with zero attached hydrogens (tertiary/aromatic N) is 2. The molecule has 0 saturated carbocycles. The van der Waals surface area contributed by atoms with Crippen LogP contribution in [0.5, 0.6) is 0 Å². The summed E-state index contributed by atoms with van der Waals surface area (Å²) in [7, 11) is 0. The largest absolute Gasteiger partial charge is 0.380 e. The van der Waals surface area contributed by atoms with E-state index < -0.39 is 0 Å². The molecule has 0 aliphatic carbocycles. The molecule has 102 valence electrons. The molecule has 0 radical (unpaired) electrons. The van der Waals surface area contributed by atoms with Gasteiger partial charge in [-0.25, -0.2) is 0 Å². The molecule has 0 unspecified atom stereocenters. The van der Waals surface area contributed by atoms with Gasteiger partial charge in [-0.3, -0.25) is 9.89 Å². The number of hydrogen-bond donors (Lipinski definition) is 2. The van der Waals surface area contributed by atoms with Crippen LogP contribution in [0, 0.1) is 13.8 Å². The molecule has 0 spiro atoms. The van der Waals surface area contributed by atoms with Crippen molar-refractivity contribution in [2.24, 2.45) is 0 Å². The Morgan fingerprint density at radius 3 is 2.79 bits per heavy atom. The lowest BCUT2D eigenvalue weighted by Gasteiger charge is -2.09. The van der Waals surface area contributed by atoms with Gasteiger partial charge in [0.15, 0.2) is 0 Å². The standard InChI is InChI=1S/C14H20N4O/c1-4-7-18-9-12(5-6-14(18)19)15-8-13-10(2)16-17-11(13)3/h5-6,9,15H,4,7-8H2,1-3H3,(H,16,17). The molecule has 0 aromatic carbocycles. The summed E-state index contributed by atoms with van der Waals surface area (Å²) in [5.41, 5.74) is 4.25. The van der Waals surface area contributed by atoms with Crippen molar-refractivity contribution in [3.05, 3.63) is 45.6 Å². The Kier molecular flexibility index (Phi) is 4.04. The lowest BCUT2D eigenvalue weighted by Crippen LogP contribution is -2.18. The molecule has 0 saturated heterocycles. The summed E-state index contributed by atoms with van der Waals surface area (Å²) in [6.45, 7) is 7.51. The molecule has 0 aliphatic heterocycles. The van der Waals surface area contributed by atoms with Crippen LogP contribution in [0.4, 0.5) is 5.69 Å². The van der Waals surface area contributed by atoms with E-state index in [-0.39, 0.29) is 5.56 Å². The Hall–Kier alpha value is -2.04. The molecule has 2 heterocycles. The minimum absolute atomic E-state index is 0.0445. The van der Waals surface area contributed by atoms with Gasteiger partial charge in [-0.1, -0.05) is 6.92 Å². The van der Waals surface area contributed by atoms with Gasteiger partial charge in [0.2, 0.25) is 0 Å². The van der Waals surface area contributed by atoms with Crippen LogP contribution < -0.4 is 10.9 Å². The van der Waals surface area contributed by atoms with Gasteiger partial charge in [0.25, 0.3) is 5.56 Å². The number of aromatic amines is 1. The third-order valence-electron chi connectivity index (χ3n) is 3.20. The Morgan fingerprint density at radius 2 is 2.16 bits per heavy atom. The van der Waals surface area contributed by atoms with Gasteiger partial charge in [0.05, 0.1) is 11.4 Å². The average molecular weight is 260 g/mol. The van der Waals surface area contributed by atoms with E-state index in [4.69, 9.17) is 0 Å². The first-order valence-corrected chi connectivity index (χ1v) is 6.56. The topological polar surface area (TPSA) is 62.7 Å². The maximum absolute atomic E-state index is 11.6. The predicted molar refractivity (Wildman–Crippen MR) is 76.4 cm³/mol. The molecule has 2 N–H and O–H groups in total. The molecule has 2 aromatic heterocycles. The first kappa shape index (κ1) is 13.4. The smallest absolute Gasteiger partial charge is 0.250 e. The minimum atomic E-state index is 0.0445. The lowest BCUT2D eigenvalue weighted by atomic mass is 10.2. The van der Waals surface area contributed by atoms with E-state index in [0.717, 1.165) is 30.0 Å². The van der Waals surface area contributed by atoms with Gasteiger partial charge >= 0.3 is 0 Å². The SMILES string of the molecule is CCCn1cc(NCc2c(C)n[nH]c2C)ccc1=O. The summed E-state index contributed by atoms with van der Waals surface area (Å²) >= 11 is 0. The summed E-state index contributed by atoms with van der Waals surface area (Å²) in [6.07, 6.45) is 2.82. The molecule has 0 amide bonds. The third-order valence-corrected chi connectivity index (χ3v) is 3.20. The zero-order valence-electron chi connectivity index (χ0n) is 11.7. The van der Waals surface area contributed by atoms with Crippen molar-refractivity contribution in [2.45, 2.75) is 40.3 Å². The van der Waals surface area contributed by atoms with Crippen LogP contribution in [0.15, 0.2) is 23.1 Å². The predicted octanol–water partition coefficient (Wildman–Crippen LogP) is 2.21. The van der Waals surface area contributed by atoms with E-state index in [0.29, 0.717) is 6.54 Å². The second-order valence-corrected chi connectivity index (χ2v) is 4.72. The van der Waals surface area contributed by atoms with Crippen LogP contribution in [0.1, 0.15) is 30.3 Å². The van der Waals surface area contributed by atoms with Crippen LogP contribution in [0.3, 0.4) is 0 Å². The summed E-state index contributed by atoms with van der Waals surface area (Å²) in [5, 5.41) is 10.5. The highest BCUT2D eigenvalue weighted by Crippen LogP contribution is 2.12. The fourth-order valence-electron chi connectivity index (χ4n) is 2.08. The van der Waals surface area contributed by atoms with E-state index in [2.05, 4.69) is 22.4 Å². The average Bonchev–Trinajstić information content (AvgIpc) is 2.70. The van der Waals surface area contributed by atoms with Crippen LogP contribution in [-0.4, -0.2) is 14.8 Å². The van der Waals surface area contributed by atoms with Gasteiger partial charge < -0.3 is 9.88 Å². The fourth-order valence-corrected chi connectivity index (χ4v) is 2.08. The Bertz CT molecular complexity index is 593. The first-order chi connectivity index (χ1) is 9.11. The van der Waals surface area contributed by atoms with Crippen molar-refractivity contribution in [1.29, 1.82) is 0 Å². The molecule has 0 atom stereocenters. The highest BCUT2D eigenvalue weighted by molar-refractivity contribution is 5.42. The van der Waals surface area contributed by atoms with E-state index in [9.17, 15) is 4.79 Å². The molecule has 0 fully saturated rings. The zero-order valence-corrected chi connectivity index (χ0v) is 11.7. The molecule has 2 aromatic rings. The zero-order chi connectivity index (χ0) is 13.8. The van der Waals surface area contributed by atoms with Crippen molar-refractivity contribution in [3.63, 3.8) is 0 Å². The molecule has 5 heteroatoms. The van der Waals surface area contributed by atoms with Crippen LogP contribution in [0.25, 0.3) is 0 Å². The maximum atomic E-state index is 11.6. The van der Waals surface area contributed by atoms with Gasteiger partial charge in [-0.15, -0.1) is 0 Å². The van der Waals surface area contributed by atoms with E-state index in [1.807, 2.05) is 26.1 Å². The number of aryl methyl sites for hydroxylation is 3. The molecule has 5 nitrogen and oxygen atoms in total. The molecular formula is C14H20N4O. The number of pyridine rings is 1. The van der Waals surface area contributed by atoms with Crippen molar-refractivity contribution in [1.82, 2.24) is 14.8 Å². The van der Waals surface area contributed by atoms with Gasteiger partial charge in [0, 0.05) is 36.6 Å². The molecule has 0 bridgehead atoms. The first-order valence-electron chi connectivity index (χ1n) is 6.56. The molecule has 2 rings (SSSR count). The Morgan fingerprint density at radius 1 is 1.37 bits per heavy atom. The van der Waals surface area contributed by atoms with E-state index in [1.54, 1.807) is 10.6 Å². The van der Waals surface area contributed by atoms with Gasteiger partial charge in [-0.2, -0.15) is 5.10 Å². The highest BCUT2D eigenvalue weighted by atomic mass is 16.1. The highest BCUT2D eigenvalue weighted by Gasteiger charge is 2.06. The van der Waals surface area contributed by atoms with Crippen LogP contribution >= 0.6 is 0 Å². The van der Waals surface area contributed by atoms with Crippen LogP contribution in [0.2, 0.25) is 0 Å². The Labute approximate surface area is 112 Å². The Balaban J connectivity index is 2.12. The fraction of sp³-hybridized carbons (Fsp3) is 0.429. The summed E-state index contributed by atoms with van der Waals surface area (Å²) in [4.78, 5) is 11.6. The number of rotatable bonds is 5. The number of anilines is 1.